The Bertz CT molecular complexity index is 2570. The lowest BCUT2D eigenvalue weighted by Crippen LogP contribution is -2.18. The number of nitrogens with zero attached hydrogens (tertiary/aromatic N) is 4. The van der Waals surface area contributed by atoms with Gasteiger partial charge in [0.25, 0.3) is 0 Å². The van der Waals surface area contributed by atoms with Gasteiger partial charge in [-0.3, -0.25) is 9.97 Å². The molecule has 0 fully saturated rings. The van der Waals surface area contributed by atoms with Crippen LogP contribution in [0.3, 0.4) is 0 Å². The average molecular weight is 617 g/mol. The molecule has 0 spiro atoms. The summed E-state index contributed by atoms with van der Waals surface area (Å²) in [6.45, 7) is 4.86. The quantitative estimate of drug-likeness (QED) is 0.198. The van der Waals surface area contributed by atoms with Gasteiger partial charge < -0.3 is 4.57 Å². The number of pyridine rings is 3. The SMILES string of the molecule is CC1(C)c2ccc3c(c2-c2c1c1c(c4ccccc24)C=CCC1)c1ccccc1n3-c1cc(-c2ccccn2)nc(-c2ccccn2)c1. The van der Waals surface area contributed by atoms with Gasteiger partial charge in [0.05, 0.1) is 39.5 Å². The number of para-hydroxylation sites is 1. The number of hydrogen-bond acceptors (Lipinski definition) is 3. The standard InChI is InChI=1S/C44H32N4/c1-44(2)33-21-22-39-40(42(33)41-30-15-5-3-13-28(30)29-14-4-6-16-31(29)43(41)44)32-17-7-8-20-38(32)48(39)27-25-36(34-18-9-11-23-45-34)47-37(26-27)35-19-10-12-24-46-35/h3-5,7-15,17-26H,6,16H2,1-2H3. The van der Waals surface area contributed by atoms with Crippen molar-refractivity contribution in [3.8, 4) is 39.6 Å². The van der Waals surface area contributed by atoms with Crippen LogP contribution in [0.4, 0.5) is 0 Å². The van der Waals surface area contributed by atoms with E-state index in [9.17, 15) is 0 Å². The lowest BCUT2D eigenvalue weighted by Gasteiger charge is -2.28. The Morgan fingerprint density at radius 3 is 2.00 bits per heavy atom. The number of rotatable bonds is 3. The number of fused-ring (bicyclic) bond motifs is 12. The van der Waals surface area contributed by atoms with Gasteiger partial charge in [0.2, 0.25) is 0 Å². The summed E-state index contributed by atoms with van der Waals surface area (Å²) in [6, 6.07) is 38.9. The van der Waals surface area contributed by atoms with Crippen molar-refractivity contribution >= 4 is 38.7 Å². The van der Waals surface area contributed by atoms with Crippen LogP contribution in [0.15, 0.2) is 128 Å². The lowest BCUT2D eigenvalue weighted by molar-refractivity contribution is 0.650. The third-order valence-electron chi connectivity index (χ3n) is 10.5. The van der Waals surface area contributed by atoms with Crippen LogP contribution in [0.1, 0.15) is 42.5 Å². The fourth-order valence-electron chi connectivity index (χ4n) is 8.54. The Hall–Kier alpha value is -5.87. The first-order chi connectivity index (χ1) is 23.6. The summed E-state index contributed by atoms with van der Waals surface area (Å²) in [5, 5.41) is 5.25. The highest BCUT2D eigenvalue weighted by Crippen LogP contribution is 2.57. The summed E-state index contributed by atoms with van der Waals surface area (Å²) >= 11 is 0. The van der Waals surface area contributed by atoms with Crippen LogP contribution in [0.2, 0.25) is 0 Å². The van der Waals surface area contributed by atoms with Gasteiger partial charge in [-0.1, -0.05) is 86.7 Å². The Morgan fingerprint density at radius 1 is 0.625 bits per heavy atom. The Kier molecular flexibility index (Phi) is 5.72. The van der Waals surface area contributed by atoms with Crippen LogP contribution in [0.25, 0.3) is 78.2 Å². The molecule has 8 aromatic rings. The van der Waals surface area contributed by atoms with Gasteiger partial charge in [-0.15, -0.1) is 0 Å². The first-order valence-corrected chi connectivity index (χ1v) is 16.8. The molecule has 228 valence electrons. The molecule has 0 N–H and O–H groups in total. The molecule has 4 aromatic heterocycles. The maximum absolute atomic E-state index is 5.08. The van der Waals surface area contributed by atoms with Gasteiger partial charge in [0.1, 0.15) is 0 Å². The zero-order valence-electron chi connectivity index (χ0n) is 26.9. The van der Waals surface area contributed by atoms with Crippen LogP contribution in [-0.2, 0) is 11.8 Å². The predicted octanol–water partition coefficient (Wildman–Crippen LogP) is 10.7. The smallest absolute Gasteiger partial charge is 0.0915 e. The molecule has 0 saturated heterocycles. The van der Waals surface area contributed by atoms with Crippen LogP contribution in [0, 0.1) is 0 Å². The summed E-state index contributed by atoms with van der Waals surface area (Å²) in [7, 11) is 0. The highest BCUT2D eigenvalue weighted by atomic mass is 15.0. The molecule has 10 rings (SSSR count). The van der Waals surface area contributed by atoms with Gasteiger partial charge in [-0.25, -0.2) is 4.98 Å². The Balaban J connectivity index is 1.34. The molecule has 48 heavy (non-hydrogen) atoms. The molecular formula is C44H32N4. The number of allylic oxidation sites excluding steroid dienone is 1. The van der Waals surface area contributed by atoms with Crippen LogP contribution in [-0.4, -0.2) is 19.5 Å². The van der Waals surface area contributed by atoms with Crippen molar-refractivity contribution in [2.75, 3.05) is 0 Å². The highest BCUT2D eigenvalue weighted by molar-refractivity contribution is 6.21. The van der Waals surface area contributed by atoms with E-state index in [0.717, 1.165) is 41.3 Å². The monoisotopic (exact) mass is 616 g/mol. The lowest BCUT2D eigenvalue weighted by atomic mass is 9.76. The number of aromatic nitrogens is 4. The second kappa shape index (κ2) is 10.1. The van der Waals surface area contributed by atoms with E-state index in [1.54, 1.807) is 0 Å². The molecule has 0 amide bonds. The topological polar surface area (TPSA) is 43.6 Å². The first kappa shape index (κ1) is 27.3. The fraction of sp³-hybridized carbons (Fsp3) is 0.114. The normalized spacial score (nSPS) is 14.4. The molecule has 2 aliphatic rings. The molecule has 4 aromatic carbocycles. The van der Waals surface area contributed by atoms with E-state index in [1.165, 1.54) is 66.0 Å². The minimum absolute atomic E-state index is 0.129. The number of benzene rings is 4. The van der Waals surface area contributed by atoms with Crippen LogP contribution in [0.5, 0.6) is 0 Å². The molecule has 4 heteroatoms. The molecule has 0 bridgehead atoms. The van der Waals surface area contributed by atoms with Gasteiger partial charge >= 0.3 is 0 Å². The van der Waals surface area contributed by atoms with Crippen LogP contribution < -0.4 is 0 Å². The van der Waals surface area contributed by atoms with E-state index < -0.39 is 0 Å². The van der Waals surface area contributed by atoms with E-state index in [4.69, 9.17) is 4.98 Å². The van der Waals surface area contributed by atoms with Crippen molar-refractivity contribution in [1.29, 1.82) is 0 Å². The van der Waals surface area contributed by atoms with E-state index in [-0.39, 0.29) is 5.41 Å². The zero-order chi connectivity index (χ0) is 32.0. The largest absolute Gasteiger partial charge is 0.309 e. The average Bonchev–Trinajstić information content (AvgIpc) is 3.61. The molecule has 0 atom stereocenters. The van der Waals surface area contributed by atoms with E-state index >= 15 is 0 Å². The van der Waals surface area contributed by atoms with Gasteiger partial charge in [-0.2, -0.15) is 0 Å². The maximum atomic E-state index is 5.08. The molecule has 2 aliphatic carbocycles. The molecule has 0 radical (unpaired) electrons. The van der Waals surface area contributed by atoms with Gasteiger partial charge in [0.15, 0.2) is 0 Å². The third kappa shape index (κ3) is 3.74. The van der Waals surface area contributed by atoms with Crippen molar-refractivity contribution in [3.05, 3.63) is 150 Å². The molecule has 0 aliphatic heterocycles. The molecule has 4 nitrogen and oxygen atoms in total. The van der Waals surface area contributed by atoms with Crippen molar-refractivity contribution in [2.45, 2.75) is 32.1 Å². The van der Waals surface area contributed by atoms with Gasteiger partial charge in [0, 0.05) is 28.6 Å². The van der Waals surface area contributed by atoms with Crippen molar-refractivity contribution in [1.82, 2.24) is 19.5 Å². The van der Waals surface area contributed by atoms with Gasteiger partial charge in [-0.05, 0) is 106 Å². The first-order valence-electron chi connectivity index (χ1n) is 16.8. The maximum Gasteiger partial charge on any atom is 0.0915 e. The van der Waals surface area contributed by atoms with Crippen molar-refractivity contribution in [3.63, 3.8) is 0 Å². The molecule has 0 unspecified atom stereocenters. The molecule has 4 heterocycles. The van der Waals surface area contributed by atoms with Crippen LogP contribution >= 0.6 is 0 Å². The summed E-state index contributed by atoms with van der Waals surface area (Å²) in [5.74, 6) is 0. The molecular weight excluding hydrogens is 585 g/mol. The number of hydrogen-bond donors (Lipinski definition) is 0. The van der Waals surface area contributed by atoms with E-state index in [2.05, 4.69) is 113 Å². The Morgan fingerprint density at radius 2 is 1.29 bits per heavy atom. The second-order valence-corrected chi connectivity index (χ2v) is 13.5. The summed E-state index contributed by atoms with van der Waals surface area (Å²) in [6.07, 6.45) is 10.5. The van der Waals surface area contributed by atoms with Crippen molar-refractivity contribution < 1.29 is 0 Å². The third-order valence-corrected chi connectivity index (χ3v) is 10.5. The highest BCUT2D eigenvalue weighted by Gasteiger charge is 2.41. The Labute approximate surface area is 279 Å². The molecule has 0 saturated carbocycles. The van der Waals surface area contributed by atoms with E-state index in [1.807, 2.05) is 48.8 Å². The summed E-state index contributed by atoms with van der Waals surface area (Å²) in [4.78, 5) is 14.5. The summed E-state index contributed by atoms with van der Waals surface area (Å²) in [5.41, 5.74) is 15.2. The van der Waals surface area contributed by atoms with E-state index in [0.29, 0.717) is 0 Å². The predicted molar refractivity (Wildman–Crippen MR) is 197 cm³/mol. The second-order valence-electron chi connectivity index (χ2n) is 13.5. The zero-order valence-corrected chi connectivity index (χ0v) is 26.9. The minimum atomic E-state index is -0.129. The summed E-state index contributed by atoms with van der Waals surface area (Å²) < 4.78 is 2.42. The minimum Gasteiger partial charge on any atom is -0.309 e. The van der Waals surface area contributed by atoms with Crippen molar-refractivity contribution in [2.24, 2.45) is 0 Å². The fourth-order valence-corrected chi connectivity index (χ4v) is 8.54.